The summed E-state index contributed by atoms with van der Waals surface area (Å²) in [5, 5.41) is 13.3. The van der Waals surface area contributed by atoms with Crippen molar-refractivity contribution < 1.29 is 19.4 Å². The highest BCUT2D eigenvalue weighted by molar-refractivity contribution is 5.90. The van der Waals surface area contributed by atoms with Crippen LogP contribution in [-0.2, 0) is 17.8 Å². The molecule has 0 atom stereocenters. The first kappa shape index (κ1) is 13.1. The zero-order valence-electron chi connectivity index (χ0n) is 10.6. The Kier molecular flexibility index (Phi) is 3.55. The summed E-state index contributed by atoms with van der Waals surface area (Å²) in [7, 11) is 0. The molecule has 1 aliphatic heterocycles. The number of aromatic carboxylic acids is 1. The van der Waals surface area contributed by atoms with E-state index in [2.05, 4.69) is 11.7 Å². The predicted molar refractivity (Wildman–Crippen MR) is 65.9 cm³/mol. The van der Waals surface area contributed by atoms with Gasteiger partial charge in [-0.15, -0.1) is 0 Å². The number of ether oxygens (including phenoxy) is 1. The molecule has 0 radical (unpaired) electrons. The van der Waals surface area contributed by atoms with Gasteiger partial charge in [-0.3, -0.25) is 4.68 Å². The van der Waals surface area contributed by atoms with E-state index in [0.717, 1.165) is 0 Å². The smallest absolute Gasteiger partial charge is 0.410 e. The molecule has 0 saturated carbocycles. The number of rotatable bonds is 3. The van der Waals surface area contributed by atoms with Crippen LogP contribution in [0.25, 0.3) is 0 Å². The summed E-state index contributed by atoms with van der Waals surface area (Å²) >= 11 is 0. The molecule has 0 saturated heterocycles. The van der Waals surface area contributed by atoms with Gasteiger partial charge < -0.3 is 14.7 Å². The number of hydrogen-bond donors (Lipinski definition) is 1. The molecule has 0 aliphatic carbocycles. The molecule has 1 aromatic rings. The van der Waals surface area contributed by atoms with E-state index in [-0.39, 0.29) is 18.7 Å². The molecular formula is C12H15N3O4. The average Bonchev–Trinajstić information content (AvgIpc) is 2.70. The van der Waals surface area contributed by atoms with Crippen molar-refractivity contribution in [3.05, 3.63) is 29.6 Å². The zero-order chi connectivity index (χ0) is 14.0. The highest BCUT2D eigenvalue weighted by Crippen LogP contribution is 2.20. The number of carbonyl (C=O) groups is 2. The van der Waals surface area contributed by atoms with Crippen LogP contribution in [0.3, 0.4) is 0 Å². The third-order valence-corrected chi connectivity index (χ3v) is 2.95. The van der Waals surface area contributed by atoms with E-state index >= 15 is 0 Å². The number of hydrogen-bond acceptors (Lipinski definition) is 4. The van der Waals surface area contributed by atoms with Gasteiger partial charge in [0, 0.05) is 6.54 Å². The van der Waals surface area contributed by atoms with Crippen molar-refractivity contribution in [1.29, 1.82) is 0 Å². The van der Waals surface area contributed by atoms with Gasteiger partial charge in [-0.25, -0.2) is 9.59 Å². The van der Waals surface area contributed by atoms with Gasteiger partial charge in [0.1, 0.15) is 12.2 Å². The summed E-state index contributed by atoms with van der Waals surface area (Å²) in [6.07, 6.45) is 1.01. The molecule has 2 rings (SSSR count). The Morgan fingerprint density at radius 1 is 1.53 bits per heavy atom. The van der Waals surface area contributed by atoms with Gasteiger partial charge in [-0.05, 0) is 6.92 Å². The summed E-state index contributed by atoms with van der Waals surface area (Å²) in [6.45, 7) is 6.36. The van der Waals surface area contributed by atoms with Crippen LogP contribution in [0.4, 0.5) is 4.79 Å². The average molecular weight is 265 g/mol. The molecule has 0 spiro atoms. The Hall–Kier alpha value is -2.31. The van der Waals surface area contributed by atoms with Crippen LogP contribution < -0.4 is 0 Å². The minimum absolute atomic E-state index is 0.138. The number of nitrogens with zero attached hydrogens (tertiary/aromatic N) is 3. The summed E-state index contributed by atoms with van der Waals surface area (Å²) in [6, 6.07) is 0. The van der Waals surface area contributed by atoms with Gasteiger partial charge in [-0.1, -0.05) is 12.7 Å². The lowest BCUT2D eigenvalue weighted by Gasteiger charge is -2.27. The van der Waals surface area contributed by atoms with Crippen molar-refractivity contribution in [2.45, 2.75) is 20.0 Å². The van der Waals surface area contributed by atoms with Crippen molar-refractivity contribution >= 4 is 12.1 Å². The van der Waals surface area contributed by atoms with Crippen molar-refractivity contribution in [2.75, 3.05) is 13.2 Å². The number of carboxylic acids is 1. The molecule has 7 nitrogen and oxygen atoms in total. The molecule has 0 fully saturated rings. The van der Waals surface area contributed by atoms with Crippen LogP contribution in [0.2, 0.25) is 0 Å². The minimum atomic E-state index is -1.03. The zero-order valence-corrected chi connectivity index (χ0v) is 10.6. The second-order valence-electron chi connectivity index (χ2n) is 4.22. The quantitative estimate of drug-likeness (QED) is 0.825. The fourth-order valence-corrected chi connectivity index (χ4v) is 2.11. The molecule has 2 heterocycles. The fraction of sp³-hybridized carbons (Fsp3) is 0.417. The largest absolute Gasteiger partial charge is 0.478 e. The first-order valence-corrected chi connectivity index (χ1v) is 5.86. The molecule has 7 heteroatoms. The van der Waals surface area contributed by atoms with Crippen LogP contribution in [0.5, 0.6) is 0 Å². The Labute approximate surface area is 110 Å². The maximum absolute atomic E-state index is 11.7. The van der Waals surface area contributed by atoms with E-state index in [4.69, 9.17) is 4.74 Å². The monoisotopic (exact) mass is 265 g/mol. The van der Waals surface area contributed by atoms with E-state index in [9.17, 15) is 14.7 Å². The predicted octanol–water partition coefficient (Wildman–Crippen LogP) is 1.03. The Morgan fingerprint density at radius 2 is 2.26 bits per heavy atom. The van der Waals surface area contributed by atoms with Gasteiger partial charge in [0.05, 0.1) is 24.5 Å². The number of fused-ring (bicyclic) bond motifs is 1. The van der Waals surface area contributed by atoms with Crippen molar-refractivity contribution in [3.63, 3.8) is 0 Å². The molecule has 0 bridgehead atoms. The normalized spacial score (nSPS) is 13.8. The lowest BCUT2D eigenvalue weighted by Crippen LogP contribution is -2.39. The fourth-order valence-electron chi connectivity index (χ4n) is 2.11. The molecule has 1 aliphatic rings. The first-order valence-electron chi connectivity index (χ1n) is 5.86. The van der Waals surface area contributed by atoms with Crippen LogP contribution in [0.1, 0.15) is 21.7 Å². The Balaban J connectivity index is 2.21. The van der Waals surface area contributed by atoms with Crippen molar-refractivity contribution in [2.24, 2.45) is 0 Å². The summed E-state index contributed by atoms with van der Waals surface area (Å²) in [5.41, 5.74) is 1.16. The molecule has 0 aromatic carbocycles. The van der Waals surface area contributed by atoms with Gasteiger partial charge in [-0.2, -0.15) is 5.10 Å². The van der Waals surface area contributed by atoms with E-state index < -0.39 is 12.1 Å². The first-order chi connectivity index (χ1) is 9.04. The molecule has 19 heavy (non-hydrogen) atoms. The molecule has 1 amide bonds. The molecule has 1 N–H and O–H groups in total. The van der Waals surface area contributed by atoms with Crippen LogP contribution in [-0.4, -0.2) is 45.0 Å². The third kappa shape index (κ3) is 2.44. The van der Waals surface area contributed by atoms with E-state index in [0.29, 0.717) is 24.5 Å². The van der Waals surface area contributed by atoms with Crippen LogP contribution in [0.15, 0.2) is 12.7 Å². The van der Waals surface area contributed by atoms with Gasteiger partial charge >= 0.3 is 12.1 Å². The van der Waals surface area contributed by atoms with Gasteiger partial charge in [0.25, 0.3) is 0 Å². The number of aryl methyl sites for hydroxylation is 1. The van der Waals surface area contributed by atoms with E-state index in [1.54, 1.807) is 11.6 Å². The third-order valence-electron chi connectivity index (χ3n) is 2.95. The van der Waals surface area contributed by atoms with Gasteiger partial charge in [0.2, 0.25) is 0 Å². The van der Waals surface area contributed by atoms with Crippen molar-refractivity contribution in [1.82, 2.24) is 14.7 Å². The molecule has 1 aromatic heterocycles. The van der Waals surface area contributed by atoms with Crippen molar-refractivity contribution in [3.8, 4) is 0 Å². The lowest BCUT2D eigenvalue weighted by molar-refractivity contribution is 0.0688. The summed E-state index contributed by atoms with van der Waals surface area (Å²) in [4.78, 5) is 24.4. The maximum atomic E-state index is 11.7. The van der Waals surface area contributed by atoms with E-state index in [1.807, 2.05) is 0 Å². The highest BCUT2D eigenvalue weighted by atomic mass is 16.6. The second-order valence-corrected chi connectivity index (χ2v) is 4.22. The number of aromatic nitrogens is 2. The lowest BCUT2D eigenvalue weighted by atomic mass is 10.1. The molecule has 0 unspecified atom stereocenters. The standard InChI is InChI=1S/C12H15N3O4/c1-3-6-19-12(18)14-4-5-15-9(7-14)10(11(16)17)8(2)13-15/h3H,1,4-7H2,2H3,(H,16,17). The minimum Gasteiger partial charge on any atom is -0.478 e. The summed E-state index contributed by atoms with van der Waals surface area (Å²) in [5.74, 6) is -1.03. The highest BCUT2D eigenvalue weighted by Gasteiger charge is 2.28. The van der Waals surface area contributed by atoms with Crippen LogP contribution in [0, 0.1) is 6.92 Å². The SMILES string of the molecule is C=CCOC(=O)N1CCn2nc(C)c(C(=O)O)c2C1. The molecular weight excluding hydrogens is 250 g/mol. The summed E-state index contributed by atoms with van der Waals surface area (Å²) < 4.78 is 6.58. The second kappa shape index (κ2) is 5.13. The topological polar surface area (TPSA) is 84.7 Å². The van der Waals surface area contributed by atoms with Crippen LogP contribution >= 0.6 is 0 Å². The number of carbonyl (C=O) groups excluding carboxylic acids is 1. The Morgan fingerprint density at radius 3 is 2.89 bits per heavy atom. The van der Waals surface area contributed by atoms with E-state index in [1.165, 1.54) is 11.0 Å². The number of carboxylic acid groups (broad SMARTS) is 1. The maximum Gasteiger partial charge on any atom is 0.410 e. The molecule has 102 valence electrons. The van der Waals surface area contributed by atoms with Gasteiger partial charge in [0.15, 0.2) is 0 Å². The number of amides is 1. The Bertz CT molecular complexity index is 535.